The first-order valence-electron chi connectivity index (χ1n) is 9.71. The molecule has 0 radical (unpaired) electrons. The van der Waals surface area contributed by atoms with E-state index in [9.17, 15) is 13.2 Å². The first-order chi connectivity index (χ1) is 15.4. The largest absolute Gasteiger partial charge is 0.457 e. The SMILES string of the molecule is CN(c1ccccc1)S(=O)(=O)c1ccsc1C(=O)Nc1ccc(Oc2ccccc2)cc1. The molecule has 32 heavy (non-hydrogen) atoms. The number of ether oxygens (including phenoxy) is 1. The number of anilines is 2. The lowest BCUT2D eigenvalue weighted by Crippen LogP contribution is -2.28. The Kier molecular flexibility index (Phi) is 6.25. The molecule has 1 N–H and O–H groups in total. The van der Waals surface area contributed by atoms with Gasteiger partial charge in [-0.05, 0) is 60.0 Å². The zero-order chi connectivity index (χ0) is 22.6. The molecule has 0 unspecified atom stereocenters. The molecule has 162 valence electrons. The average molecular weight is 465 g/mol. The minimum absolute atomic E-state index is 0.0321. The number of benzene rings is 3. The van der Waals surface area contributed by atoms with Gasteiger partial charge in [0, 0.05) is 12.7 Å². The van der Waals surface area contributed by atoms with Crippen LogP contribution in [0.25, 0.3) is 0 Å². The number of para-hydroxylation sites is 2. The number of sulfonamides is 1. The summed E-state index contributed by atoms with van der Waals surface area (Å²) in [6, 6.07) is 26.4. The van der Waals surface area contributed by atoms with Crippen molar-refractivity contribution in [3.05, 3.63) is 101 Å². The summed E-state index contributed by atoms with van der Waals surface area (Å²) in [4.78, 5) is 13.0. The molecule has 6 nitrogen and oxygen atoms in total. The molecular formula is C24H20N2O4S2. The van der Waals surface area contributed by atoms with Crippen LogP contribution < -0.4 is 14.4 Å². The molecule has 0 atom stereocenters. The number of thiophene rings is 1. The molecule has 4 rings (SSSR count). The average Bonchev–Trinajstić information content (AvgIpc) is 3.32. The molecule has 1 heterocycles. The highest BCUT2D eigenvalue weighted by Gasteiger charge is 2.28. The van der Waals surface area contributed by atoms with Crippen molar-refractivity contribution in [3.63, 3.8) is 0 Å². The summed E-state index contributed by atoms with van der Waals surface area (Å²) in [5, 5.41) is 4.35. The second kappa shape index (κ2) is 9.25. The van der Waals surface area contributed by atoms with Crippen LogP contribution in [0.1, 0.15) is 9.67 Å². The molecule has 1 aromatic heterocycles. The number of hydrogen-bond acceptors (Lipinski definition) is 5. The van der Waals surface area contributed by atoms with E-state index in [2.05, 4.69) is 5.32 Å². The van der Waals surface area contributed by atoms with Gasteiger partial charge in [-0.15, -0.1) is 11.3 Å². The van der Waals surface area contributed by atoms with Crippen LogP contribution in [-0.4, -0.2) is 21.4 Å². The number of rotatable bonds is 7. The minimum atomic E-state index is -3.90. The van der Waals surface area contributed by atoms with Gasteiger partial charge < -0.3 is 10.1 Å². The van der Waals surface area contributed by atoms with Crippen molar-refractivity contribution in [1.29, 1.82) is 0 Å². The maximum atomic E-state index is 13.1. The number of amides is 1. The fourth-order valence-corrected chi connectivity index (χ4v) is 5.50. The Balaban J connectivity index is 1.50. The van der Waals surface area contributed by atoms with Gasteiger partial charge in [0.25, 0.3) is 15.9 Å². The summed E-state index contributed by atoms with van der Waals surface area (Å²) in [6.45, 7) is 0. The molecule has 4 aromatic rings. The lowest BCUT2D eigenvalue weighted by atomic mass is 10.3. The molecule has 0 aliphatic carbocycles. The highest BCUT2D eigenvalue weighted by atomic mass is 32.2. The Morgan fingerprint density at radius 3 is 2.09 bits per heavy atom. The molecule has 0 saturated carbocycles. The standard InChI is InChI=1S/C24H20N2O4S2/c1-26(19-8-4-2-5-9-19)32(28,29)22-16-17-31-23(22)24(27)25-18-12-14-21(15-13-18)30-20-10-6-3-7-11-20/h2-17H,1H3,(H,25,27). The van der Waals surface area contributed by atoms with Gasteiger partial charge in [-0.25, -0.2) is 8.42 Å². The van der Waals surface area contributed by atoms with Crippen molar-refractivity contribution >= 4 is 38.6 Å². The number of carbonyl (C=O) groups is 1. The lowest BCUT2D eigenvalue weighted by molar-refractivity contribution is 0.102. The van der Waals surface area contributed by atoms with Crippen LogP contribution in [0.5, 0.6) is 11.5 Å². The maximum absolute atomic E-state index is 13.1. The summed E-state index contributed by atoms with van der Waals surface area (Å²) in [6.07, 6.45) is 0. The fourth-order valence-electron chi connectivity index (χ4n) is 3.01. The molecule has 0 bridgehead atoms. The second-order valence-electron chi connectivity index (χ2n) is 6.82. The molecule has 0 aliphatic rings. The van der Waals surface area contributed by atoms with Crippen molar-refractivity contribution in [2.24, 2.45) is 0 Å². The van der Waals surface area contributed by atoms with Crippen LogP contribution in [-0.2, 0) is 10.0 Å². The summed E-state index contributed by atoms with van der Waals surface area (Å²) in [7, 11) is -2.43. The third-order valence-electron chi connectivity index (χ3n) is 4.68. The third kappa shape index (κ3) is 4.66. The van der Waals surface area contributed by atoms with Gasteiger partial charge in [-0.1, -0.05) is 36.4 Å². The summed E-state index contributed by atoms with van der Waals surface area (Å²) >= 11 is 1.08. The molecule has 0 fully saturated rings. The predicted molar refractivity (Wildman–Crippen MR) is 127 cm³/mol. The Morgan fingerprint density at radius 1 is 0.844 bits per heavy atom. The summed E-state index contributed by atoms with van der Waals surface area (Å²) in [5.41, 5.74) is 1.04. The Morgan fingerprint density at radius 2 is 1.44 bits per heavy atom. The molecule has 1 amide bonds. The van der Waals surface area contributed by atoms with Crippen molar-refractivity contribution < 1.29 is 17.9 Å². The predicted octanol–water partition coefficient (Wildman–Crippen LogP) is 5.62. The van der Waals surface area contributed by atoms with Gasteiger partial charge in [-0.3, -0.25) is 9.10 Å². The zero-order valence-corrected chi connectivity index (χ0v) is 18.8. The molecule has 8 heteroatoms. The lowest BCUT2D eigenvalue weighted by Gasteiger charge is -2.19. The van der Waals surface area contributed by atoms with E-state index in [1.54, 1.807) is 53.9 Å². The van der Waals surface area contributed by atoms with E-state index in [0.717, 1.165) is 11.3 Å². The number of carbonyl (C=O) groups excluding carboxylic acids is 1. The zero-order valence-electron chi connectivity index (χ0n) is 17.1. The molecule has 0 aliphatic heterocycles. The fraction of sp³-hybridized carbons (Fsp3) is 0.0417. The second-order valence-corrected chi connectivity index (χ2v) is 9.67. The highest BCUT2D eigenvalue weighted by molar-refractivity contribution is 7.93. The van der Waals surface area contributed by atoms with Crippen molar-refractivity contribution in [2.75, 3.05) is 16.7 Å². The van der Waals surface area contributed by atoms with E-state index in [4.69, 9.17) is 4.74 Å². The van der Waals surface area contributed by atoms with Crippen LogP contribution in [0.15, 0.2) is 101 Å². The van der Waals surface area contributed by atoms with Gasteiger partial charge >= 0.3 is 0 Å². The van der Waals surface area contributed by atoms with Gasteiger partial charge in [0.1, 0.15) is 21.3 Å². The first kappa shape index (κ1) is 21.6. The highest BCUT2D eigenvalue weighted by Crippen LogP contribution is 2.29. The van der Waals surface area contributed by atoms with E-state index >= 15 is 0 Å². The quantitative estimate of drug-likeness (QED) is 0.385. The van der Waals surface area contributed by atoms with Crippen LogP contribution in [0.4, 0.5) is 11.4 Å². The molecule has 0 spiro atoms. The number of nitrogens with zero attached hydrogens (tertiary/aromatic N) is 1. The molecular weight excluding hydrogens is 444 g/mol. The number of hydrogen-bond donors (Lipinski definition) is 1. The molecule has 0 saturated heterocycles. The topological polar surface area (TPSA) is 75.7 Å². The third-order valence-corrected chi connectivity index (χ3v) is 7.55. The van der Waals surface area contributed by atoms with E-state index in [0.29, 0.717) is 22.9 Å². The summed E-state index contributed by atoms with van der Waals surface area (Å²) in [5.74, 6) is 0.843. The van der Waals surface area contributed by atoms with Crippen molar-refractivity contribution in [1.82, 2.24) is 0 Å². The van der Waals surface area contributed by atoms with Gasteiger partial charge in [0.2, 0.25) is 0 Å². The number of nitrogens with one attached hydrogen (secondary N) is 1. The van der Waals surface area contributed by atoms with E-state index in [-0.39, 0.29) is 9.77 Å². The Labute approximate surface area is 190 Å². The van der Waals surface area contributed by atoms with E-state index in [1.165, 1.54) is 17.4 Å². The Hall–Kier alpha value is -3.62. The minimum Gasteiger partial charge on any atom is -0.457 e. The van der Waals surface area contributed by atoms with Gasteiger partial charge in [0.05, 0.1) is 5.69 Å². The smallest absolute Gasteiger partial charge is 0.267 e. The normalized spacial score (nSPS) is 11.0. The van der Waals surface area contributed by atoms with Crippen LogP contribution in [0, 0.1) is 0 Å². The van der Waals surface area contributed by atoms with E-state index in [1.807, 2.05) is 36.4 Å². The first-order valence-corrected chi connectivity index (χ1v) is 12.0. The Bertz CT molecular complexity index is 1300. The van der Waals surface area contributed by atoms with E-state index < -0.39 is 15.9 Å². The van der Waals surface area contributed by atoms with Crippen LogP contribution in [0.2, 0.25) is 0 Å². The van der Waals surface area contributed by atoms with Crippen molar-refractivity contribution in [3.8, 4) is 11.5 Å². The monoisotopic (exact) mass is 464 g/mol. The van der Waals surface area contributed by atoms with Gasteiger partial charge in [0.15, 0.2) is 0 Å². The van der Waals surface area contributed by atoms with Crippen molar-refractivity contribution in [2.45, 2.75) is 4.90 Å². The maximum Gasteiger partial charge on any atom is 0.267 e. The van der Waals surface area contributed by atoms with Crippen LogP contribution in [0.3, 0.4) is 0 Å². The van der Waals surface area contributed by atoms with Gasteiger partial charge in [-0.2, -0.15) is 0 Å². The van der Waals surface area contributed by atoms with Crippen LogP contribution >= 0.6 is 11.3 Å². The summed E-state index contributed by atoms with van der Waals surface area (Å²) < 4.78 is 33.2. The molecule has 3 aromatic carbocycles.